The molecule has 0 aromatic rings. The van der Waals surface area contributed by atoms with E-state index in [0.29, 0.717) is 32.2 Å². The molecular formula is C15H29N3O3. The number of nitrogens with one attached hydrogen (secondary N) is 2. The first-order chi connectivity index (χ1) is 9.93. The van der Waals surface area contributed by atoms with Gasteiger partial charge in [-0.15, -0.1) is 0 Å². The largest absolute Gasteiger partial charge is 0.450 e. The van der Waals surface area contributed by atoms with Crippen molar-refractivity contribution in [1.82, 2.24) is 15.5 Å². The van der Waals surface area contributed by atoms with Crippen LogP contribution in [0.25, 0.3) is 0 Å². The monoisotopic (exact) mass is 299 g/mol. The van der Waals surface area contributed by atoms with Crippen LogP contribution in [0.15, 0.2) is 0 Å². The lowest BCUT2D eigenvalue weighted by atomic mass is 10.0. The number of nitrogens with zero attached hydrogens (tertiary/aromatic N) is 1. The van der Waals surface area contributed by atoms with Crippen LogP contribution in [0.5, 0.6) is 0 Å². The van der Waals surface area contributed by atoms with Crippen molar-refractivity contribution in [2.24, 2.45) is 5.92 Å². The maximum absolute atomic E-state index is 11.9. The SMILES string of the molecule is CCOC(=O)N1CCC(NC(C)C(=O)NCC(C)C)CC1. The summed E-state index contributed by atoms with van der Waals surface area (Å²) in [5, 5.41) is 6.27. The van der Waals surface area contributed by atoms with Crippen LogP contribution < -0.4 is 10.6 Å². The number of amides is 2. The molecule has 1 heterocycles. The zero-order valence-electron chi connectivity index (χ0n) is 13.6. The Balaban J connectivity index is 2.28. The summed E-state index contributed by atoms with van der Waals surface area (Å²) < 4.78 is 4.99. The minimum absolute atomic E-state index is 0.0384. The van der Waals surface area contributed by atoms with E-state index in [1.807, 2.05) is 13.8 Å². The van der Waals surface area contributed by atoms with Gasteiger partial charge in [0, 0.05) is 25.7 Å². The zero-order valence-corrected chi connectivity index (χ0v) is 13.6. The normalized spacial score (nSPS) is 17.7. The summed E-state index contributed by atoms with van der Waals surface area (Å²) in [5.41, 5.74) is 0. The van der Waals surface area contributed by atoms with Gasteiger partial charge >= 0.3 is 6.09 Å². The van der Waals surface area contributed by atoms with Gasteiger partial charge in [-0.2, -0.15) is 0 Å². The molecular weight excluding hydrogens is 270 g/mol. The Morgan fingerprint density at radius 1 is 1.24 bits per heavy atom. The Bertz CT molecular complexity index is 339. The Morgan fingerprint density at radius 2 is 1.86 bits per heavy atom. The third-order valence-electron chi connectivity index (χ3n) is 3.58. The average molecular weight is 299 g/mol. The van der Waals surface area contributed by atoms with Gasteiger partial charge in [0.1, 0.15) is 0 Å². The van der Waals surface area contributed by atoms with E-state index in [1.54, 1.807) is 4.90 Å². The van der Waals surface area contributed by atoms with Crippen molar-refractivity contribution in [2.45, 2.75) is 52.6 Å². The molecule has 6 nitrogen and oxygen atoms in total. The Kier molecular flexibility index (Phi) is 7.50. The van der Waals surface area contributed by atoms with Crippen molar-refractivity contribution in [3.05, 3.63) is 0 Å². The van der Waals surface area contributed by atoms with Gasteiger partial charge in [0.05, 0.1) is 12.6 Å². The number of piperidine rings is 1. The molecule has 2 N–H and O–H groups in total. The quantitative estimate of drug-likeness (QED) is 0.777. The molecule has 2 amide bonds. The molecule has 1 rings (SSSR count). The molecule has 1 atom stereocenters. The topological polar surface area (TPSA) is 70.7 Å². The number of rotatable bonds is 6. The maximum Gasteiger partial charge on any atom is 0.409 e. The van der Waals surface area contributed by atoms with E-state index in [4.69, 9.17) is 4.74 Å². The first-order valence-electron chi connectivity index (χ1n) is 7.89. The minimum atomic E-state index is -0.237. The molecule has 0 bridgehead atoms. The van der Waals surface area contributed by atoms with E-state index in [0.717, 1.165) is 12.8 Å². The molecule has 0 aromatic carbocycles. The van der Waals surface area contributed by atoms with Gasteiger partial charge in [-0.25, -0.2) is 4.79 Å². The molecule has 0 saturated carbocycles. The highest BCUT2D eigenvalue weighted by Gasteiger charge is 2.25. The number of carbonyl (C=O) groups is 2. The van der Waals surface area contributed by atoms with E-state index >= 15 is 0 Å². The van der Waals surface area contributed by atoms with Crippen LogP contribution in [0, 0.1) is 5.92 Å². The molecule has 122 valence electrons. The summed E-state index contributed by atoms with van der Waals surface area (Å²) >= 11 is 0. The molecule has 0 aromatic heterocycles. The van der Waals surface area contributed by atoms with Crippen molar-refractivity contribution in [1.29, 1.82) is 0 Å². The number of ether oxygens (including phenoxy) is 1. The predicted octanol–water partition coefficient (Wildman–Crippen LogP) is 1.36. The summed E-state index contributed by atoms with van der Waals surface area (Å²) in [6.45, 7) is 10.3. The maximum atomic E-state index is 11.9. The van der Waals surface area contributed by atoms with Gasteiger partial charge in [0.15, 0.2) is 0 Å². The van der Waals surface area contributed by atoms with Crippen LogP contribution in [0.3, 0.4) is 0 Å². The van der Waals surface area contributed by atoms with Crippen molar-refractivity contribution in [3.63, 3.8) is 0 Å². The first-order valence-corrected chi connectivity index (χ1v) is 7.89. The Labute approximate surface area is 127 Å². The van der Waals surface area contributed by atoms with Gasteiger partial charge in [-0.1, -0.05) is 13.8 Å². The molecule has 21 heavy (non-hydrogen) atoms. The Morgan fingerprint density at radius 3 is 2.38 bits per heavy atom. The predicted molar refractivity (Wildman–Crippen MR) is 82.1 cm³/mol. The fraction of sp³-hybridized carbons (Fsp3) is 0.867. The second kappa shape index (κ2) is 8.87. The Hall–Kier alpha value is -1.30. The molecule has 1 saturated heterocycles. The highest BCUT2D eigenvalue weighted by Crippen LogP contribution is 2.12. The molecule has 0 spiro atoms. The minimum Gasteiger partial charge on any atom is -0.450 e. The summed E-state index contributed by atoms with van der Waals surface area (Å²) in [6, 6.07) is 0.0679. The van der Waals surface area contributed by atoms with Crippen LogP contribution in [0.4, 0.5) is 4.79 Å². The fourth-order valence-corrected chi connectivity index (χ4v) is 2.33. The fourth-order valence-electron chi connectivity index (χ4n) is 2.33. The van der Waals surface area contributed by atoms with Crippen molar-refractivity contribution >= 4 is 12.0 Å². The van der Waals surface area contributed by atoms with Crippen molar-refractivity contribution in [3.8, 4) is 0 Å². The van der Waals surface area contributed by atoms with E-state index in [2.05, 4.69) is 24.5 Å². The summed E-state index contributed by atoms with van der Waals surface area (Å²) in [7, 11) is 0. The van der Waals surface area contributed by atoms with E-state index < -0.39 is 0 Å². The van der Waals surface area contributed by atoms with Gasteiger partial charge in [0.2, 0.25) is 5.91 Å². The van der Waals surface area contributed by atoms with Crippen molar-refractivity contribution < 1.29 is 14.3 Å². The van der Waals surface area contributed by atoms with Gasteiger partial charge < -0.3 is 20.3 Å². The third-order valence-corrected chi connectivity index (χ3v) is 3.58. The lowest BCUT2D eigenvalue weighted by molar-refractivity contribution is -0.123. The number of likely N-dealkylation sites (tertiary alicyclic amines) is 1. The van der Waals surface area contributed by atoms with Crippen LogP contribution >= 0.6 is 0 Å². The van der Waals surface area contributed by atoms with Crippen LogP contribution in [-0.2, 0) is 9.53 Å². The van der Waals surface area contributed by atoms with Crippen LogP contribution in [0.2, 0.25) is 0 Å². The highest BCUT2D eigenvalue weighted by molar-refractivity contribution is 5.81. The standard InChI is InChI=1S/C15H29N3O3/c1-5-21-15(20)18-8-6-13(7-9-18)17-12(4)14(19)16-10-11(2)3/h11-13,17H,5-10H2,1-4H3,(H,16,19). The van der Waals surface area contributed by atoms with Gasteiger partial charge in [0.25, 0.3) is 0 Å². The van der Waals surface area contributed by atoms with E-state index in [1.165, 1.54) is 0 Å². The molecule has 6 heteroatoms. The van der Waals surface area contributed by atoms with E-state index in [9.17, 15) is 9.59 Å². The molecule has 1 aliphatic rings. The summed E-state index contributed by atoms with van der Waals surface area (Å²) in [5.74, 6) is 0.491. The second-order valence-electron chi connectivity index (χ2n) is 5.99. The number of hydrogen-bond acceptors (Lipinski definition) is 4. The van der Waals surface area contributed by atoms with Gasteiger partial charge in [-0.3, -0.25) is 4.79 Å². The van der Waals surface area contributed by atoms with Crippen molar-refractivity contribution in [2.75, 3.05) is 26.2 Å². The molecule has 0 radical (unpaired) electrons. The second-order valence-corrected chi connectivity index (χ2v) is 5.99. The van der Waals surface area contributed by atoms with Crippen LogP contribution in [-0.4, -0.2) is 55.2 Å². The first kappa shape index (κ1) is 17.8. The summed E-state index contributed by atoms with van der Waals surface area (Å²) in [6.07, 6.45) is 1.46. The smallest absolute Gasteiger partial charge is 0.409 e. The van der Waals surface area contributed by atoms with E-state index in [-0.39, 0.29) is 24.1 Å². The molecule has 1 unspecified atom stereocenters. The lowest BCUT2D eigenvalue weighted by Gasteiger charge is -2.33. The number of hydrogen-bond donors (Lipinski definition) is 2. The zero-order chi connectivity index (χ0) is 15.8. The average Bonchev–Trinajstić information content (AvgIpc) is 2.45. The van der Waals surface area contributed by atoms with Gasteiger partial charge in [-0.05, 0) is 32.6 Å². The molecule has 1 aliphatic heterocycles. The molecule has 0 aliphatic carbocycles. The lowest BCUT2D eigenvalue weighted by Crippen LogP contribution is -2.51. The van der Waals surface area contributed by atoms with Crippen LogP contribution in [0.1, 0.15) is 40.5 Å². The third kappa shape index (κ3) is 6.33. The summed E-state index contributed by atoms with van der Waals surface area (Å²) in [4.78, 5) is 25.3. The number of carbonyl (C=O) groups excluding carboxylic acids is 2. The molecule has 1 fully saturated rings. The highest BCUT2D eigenvalue weighted by atomic mass is 16.6.